The third-order valence-corrected chi connectivity index (χ3v) is 3.23. The van der Waals surface area contributed by atoms with Gasteiger partial charge in [0.2, 0.25) is 0 Å². The van der Waals surface area contributed by atoms with Gasteiger partial charge in [-0.3, -0.25) is 0 Å². The molecule has 0 amide bonds. The smallest absolute Gasteiger partial charge is 0.160 e. The molecule has 5 heteroatoms. The summed E-state index contributed by atoms with van der Waals surface area (Å²) in [6.45, 7) is 6.64. The molecule has 3 rings (SSSR count). The Morgan fingerprint density at radius 1 is 1.50 bits per heavy atom. The van der Waals surface area contributed by atoms with Crippen LogP contribution in [0.25, 0.3) is 11.2 Å². The quantitative estimate of drug-likeness (QED) is 0.875. The Hall–Kier alpha value is -1.46. The number of imidazole rings is 1. The molecule has 0 spiro atoms. The van der Waals surface area contributed by atoms with Gasteiger partial charge in [-0.2, -0.15) is 0 Å². The number of hydrogen-bond acceptors (Lipinski definition) is 4. The average Bonchev–Trinajstić information content (AvgIpc) is 2.79. The zero-order valence-corrected chi connectivity index (χ0v) is 10.8. The zero-order chi connectivity index (χ0) is 12.5. The summed E-state index contributed by atoms with van der Waals surface area (Å²) in [6, 6.07) is 4.43. The van der Waals surface area contributed by atoms with Crippen LogP contribution in [0.4, 0.5) is 0 Å². The highest BCUT2D eigenvalue weighted by atomic mass is 16.5. The second-order valence-corrected chi connectivity index (χ2v) is 4.86. The maximum absolute atomic E-state index is 5.53. The molecule has 5 nitrogen and oxygen atoms in total. The largest absolute Gasteiger partial charge is 0.378 e. The second kappa shape index (κ2) is 4.66. The molecule has 0 bridgehead atoms. The molecular weight excluding hydrogens is 228 g/mol. The third kappa shape index (κ3) is 1.89. The fourth-order valence-corrected chi connectivity index (χ4v) is 2.43. The summed E-state index contributed by atoms with van der Waals surface area (Å²) in [5, 5.41) is 3.46. The Balaban J connectivity index is 2.11. The summed E-state index contributed by atoms with van der Waals surface area (Å²) in [4.78, 5) is 9.17. The lowest BCUT2D eigenvalue weighted by Crippen LogP contribution is -2.36. The van der Waals surface area contributed by atoms with Crippen molar-refractivity contribution in [3.63, 3.8) is 0 Å². The van der Waals surface area contributed by atoms with Crippen molar-refractivity contribution in [1.29, 1.82) is 0 Å². The molecule has 3 heterocycles. The van der Waals surface area contributed by atoms with Crippen LogP contribution < -0.4 is 5.32 Å². The lowest BCUT2D eigenvalue weighted by atomic mass is 10.2. The average molecular weight is 246 g/mol. The minimum absolute atomic E-state index is 0.162. The molecule has 0 saturated carbocycles. The van der Waals surface area contributed by atoms with Gasteiger partial charge in [-0.25, -0.2) is 9.97 Å². The van der Waals surface area contributed by atoms with Crippen molar-refractivity contribution in [3.8, 4) is 0 Å². The Bertz CT molecular complexity index is 543. The van der Waals surface area contributed by atoms with E-state index in [9.17, 15) is 0 Å². The SMILES string of the molecule is CC(C)n1c(C2COCCN2)nc2cccnc21. The van der Waals surface area contributed by atoms with Gasteiger partial charge < -0.3 is 14.6 Å². The molecule has 1 unspecified atom stereocenters. The van der Waals surface area contributed by atoms with Gasteiger partial charge in [-0.05, 0) is 26.0 Å². The van der Waals surface area contributed by atoms with E-state index in [4.69, 9.17) is 9.72 Å². The van der Waals surface area contributed by atoms with E-state index in [2.05, 4.69) is 28.7 Å². The molecule has 2 aromatic rings. The number of morpholine rings is 1. The number of hydrogen-bond donors (Lipinski definition) is 1. The molecule has 2 aromatic heterocycles. The molecule has 1 aliphatic rings. The first-order valence-electron chi connectivity index (χ1n) is 6.41. The standard InChI is InChI=1S/C13H18N4O/c1-9(2)17-12-10(4-3-5-15-12)16-13(17)11-8-18-7-6-14-11/h3-5,9,11,14H,6-8H2,1-2H3. The summed E-state index contributed by atoms with van der Waals surface area (Å²) in [5.74, 6) is 1.03. The van der Waals surface area contributed by atoms with Gasteiger partial charge in [-0.15, -0.1) is 0 Å². The van der Waals surface area contributed by atoms with Crippen molar-refractivity contribution in [2.75, 3.05) is 19.8 Å². The van der Waals surface area contributed by atoms with Gasteiger partial charge in [0, 0.05) is 18.8 Å². The minimum Gasteiger partial charge on any atom is -0.378 e. The highest BCUT2D eigenvalue weighted by Gasteiger charge is 2.23. The van der Waals surface area contributed by atoms with E-state index in [-0.39, 0.29) is 6.04 Å². The lowest BCUT2D eigenvalue weighted by molar-refractivity contribution is 0.0729. The number of rotatable bonds is 2. The summed E-state index contributed by atoms with van der Waals surface area (Å²) >= 11 is 0. The highest BCUT2D eigenvalue weighted by Crippen LogP contribution is 2.24. The van der Waals surface area contributed by atoms with Crippen LogP contribution in [0.15, 0.2) is 18.3 Å². The molecule has 0 aliphatic carbocycles. The van der Waals surface area contributed by atoms with E-state index in [1.54, 1.807) is 0 Å². The Morgan fingerprint density at radius 3 is 3.11 bits per heavy atom. The van der Waals surface area contributed by atoms with Gasteiger partial charge in [0.15, 0.2) is 5.65 Å². The molecule has 1 N–H and O–H groups in total. The summed E-state index contributed by atoms with van der Waals surface area (Å²) in [7, 11) is 0. The van der Waals surface area contributed by atoms with E-state index in [0.29, 0.717) is 12.6 Å². The predicted molar refractivity (Wildman–Crippen MR) is 69.5 cm³/mol. The Kier molecular flexibility index (Phi) is 3.01. The Morgan fingerprint density at radius 2 is 2.39 bits per heavy atom. The fourth-order valence-electron chi connectivity index (χ4n) is 2.43. The number of nitrogens with zero attached hydrogens (tertiary/aromatic N) is 3. The Labute approximate surface area is 106 Å². The van der Waals surface area contributed by atoms with Gasteiger partial charge >= 0.3 is 0 Å². The maximum atomic E-state index is 5.53. The molecule has 1 fully saturated rings. The zero-order valence-electron chi connectivity index (χ0n) is 10.8. The molecule has 1 saturated heterocycles. The molecule has 0 radical (unpaired) electrons. The summed E-state index contributed by atoms with van der Waals surface area (Å²) in [5.41, 5.74) is 1.91. The monoisotopic (exact) mass is 246 g/mol. The first-order chi connectivity index (χ1) is 8.77. The molecule has 96 valence electrons. The van der Waals surface area contributed by atoms with Crippen LogP contribution in [0.5, 0.6) is 0 Å². The third-order valence-electron chi connectivity index (χ3n) is 3.23. The van der Waals surface area contributed by atoms with Crippen LogP contribution in [-0.2, 0) is 4.74 Å². The van der Waals surface area contributed by atoms with Crippen LogP contribution in [0.3, 0.4) is 0 Å². The van der Waals surface area contributed by atoms with Crippen LogP contribution in [0.1, 0.15) is 31.8 Å². The van der Waals surface area contributed by atoms with E-state index >= 15 is 0 Å². The molecular formula is C13H18N4O. The van der Waals surface area contributed by atoms with Gasteiger partial charge in [0.05, 0.1) is 19.3 Å². The lowest BCUT2D eigenvalue weighted by Gasteiger charge is -2.25. The predicted octanol–water partition coefficient (Wildman–Crippen LogP) is 1.67. The number of fused-ring (bicyclic) bond motifs is 1. The highest BCUT2D eigenvalue weighted by molar-refractivity contribution is 5.71. The van der Waals surface area contributed by atoms with Crippen molar-refractivity contribution >= 4 is 11.2 Å². The van der Waals surface area contributed by atoms with Gasteiger partial charge in [0.25, 0.3) is 0 Å². The number of nitrogens with one attached hydrogen (secondary N) is 1. The fraction of sp³-hybridized carbons (Fsp3) is 0.538. The van der Waals surface area contributed by atoms with Crippen LogP contribution in [0, 0.1) is 0 Å². The second-order valence-electron chi connectivity index (χ2n) is 4.86. The van der Waals surface area contributed by atoms with E-state index < -0.39 is 0 Å². The summed E-state index contributed by atoms with van der Waals surface area (Å²) in [6.07, 6.45) is 1.82. The number of pyridine rings is 1. The van der Waals surface area contributed by atoms with E-state index in [1.807, 2.05) is 18.3 Å². The van der Waals surface area contributed by atoms with Crippen LogP contribution in [-0.4, -0.2) is 34.3 Å². The number of aromatic nitrogens is 3. The molecule has 1 aliphatic heterocycles. The number of ether oxygens (including phenoxy) is 1. The van der Waals surface area contributed by atoms with Crippen LogP contribution >= 0.6 is 0 Å². The van der Waals surface area contributed by atoms with Crippen molar-refractivity contribution in [2.45, 2.75) is 25.9 Å². The van der Waals surface area contributed by atoms with Crippen molar-refractivity contribution in [3.05, 3.63) is 24.2 Å². The first-order valence-corrected chi connectivity index (χ1v) is 6.41. The van der Waals surface area contributed by atoms with Crippen molar-refractivity contribution in [1.82, 2.24) is 19.9 Å². The molecule has 1 atom stereocenters. The molecule has 0 aromatic carbocycles. The van der Waals surface area contributed by atoms with Gasteiger partial charge in [0.1, 0.15) is 11.3 Å². The normalized spacial score (nSPS) is 20.7. The van der Waals surface area contributed by atoms with Gasteiger partial charge in [-0.1, -0.05) is 0 Å². The van der Waals surface area contributed by atoms with E-state index in [1.165, 1.54) is 0 Å². The first kappa shape index (κ1) is 11.6. The van der Waals surface area contributed by atoms with Crippen molar-refractivity contribution < 1.29 is 4.74 Å². The van der Waals surface area contributed by atoms with Crippen molar-refractivity contribution in [2.24, 2.45) is 0 Å². The van der Waals surface area contributed by atoms with E-state index in [0.717, 1.165) is 30.1 Å². The van der Waals surface area contributed by atoms with Crippen LogP contribution in [0.2, 0.25) is 0 Å². The topological polar surface area (TPSA) is 52.0 Å². The summed E-state index contributed by atoms with van der Waals surface area (Å²) < 4.78 is 7.73. The maximum Gasteiger partial charge on any atom is 0.160 e. The molecule has 18 heavy (non-hydrogen) atoms. The minimum atomic E-state index is 0.162.